The first-order valence-electron chi connectivity index (χ1n) is 5.14. The van der Waals surface area contributed by atoms with E-state index in [1.165, 1.54) is 30.9 Å². The fraction of sp³-hybridized carbons (Fsp3) is 0.778. The van der Waals surface area contributed by atoms with Gasteiger partial charge in [-0.3, -0.25) is 0 Å². The number of aromatic nitrogens is 3. The molecule has 1 unspecified atom stereocenters. The van der Waals surface area contributed by atoms with E-state index >= 15 is 0 Å². The first-order valence-corrected chi connectivity index (χ1v) is 6.12. The fourth-order valence-corrected chi connectivity index (χ4v) is 2.05. The number of thioether (sulfide) groups is 1. The topological polar surface area (TPSA) is 63.0 Å². The quantitative estimate of drug-likeness (QED) is 0.672. The largest absolute Gasteiger partial charge is 0.391 e. The molecule has 2 rings (SSSR count). The van der Waals surface area contributed by atoms with Gasteiger partial charge < -0.3 is 10.4 Å². The van der Waals surface area contributed by atoms with Crippen molar-refractivity contribution in [1.29, 1.82) is 0 Å². The van der Waals surface area contributed by atoms with E-state index in [1.54, 1.807) is 4.68 Å². The second kappa shape index (κ2) is 4.96. The molecular formula is C9H16N4OS. The van der Waals surface area contributed by atoms with Crippen LogP contribution in [0.1, 0.15) is 12.8 Å². The van der Waals surface area contributed by atoms with Crippen LogP contribution in [0.3, 0.4) is 0 Å². The second-order valence-corrected chi connectivity index (χ2v) is 4.80. The summed E-state index contributed by atoms with van der Waals surface area (Å²) in [4.78, 5) is 4.08. The van der Waals surface area contributed by atoms with Crippen LogP contribution in [-0.4, -0.2) is 44.3 Å². The normalized spacial score (nSPS) is 18.0. The third kappa shape index (κ3) is 3.48. The SMILES string of the molecule is Cn1ncnc1SCC(O)CNC1CC1. The van der Waals surface area contributed by atoms with Crippen molar-refractivity contribution in [2.75, 3.05) is 12.3 Å². The minimum atomic E-state index is -0.313. The molecule has 1 heterocycles. The van der Waals surface area contributed by atoms with Gasteiger partial charge in [-0.05, 0) is 12.8 Å². The summed E-state index contributed by atoms with van der Waals surface area (Å²) >= 11 is 1.53. The fourth-order valence-electron chi connectivity index (χ4n) is 1.24. The Kier molecular flexibility index (Phi) is 3.61. The Balaban J connectivity index is 1.65. The molecule has 0 radical (unpaired) electrons. The molecule has 1 saturated carbocycles. The van der Waals surface area contributed by atoms with Crippen molar-refractivity contribution in [3.8, 4) is 0 Å². The zero-order valence-corrected chi connectivity index (χ0v) is 9.57. The molecule has 0 bridgehead atoms. The van der Waals surface area contributed by atoms with Gasteiger partial charge in [0.1, 0.15) is 6.33 Å². The van der Waals surface area contributed by atoms with Gasteiger partial charge in [-0.2, -0.15) is 5.10 Å². The molecule has 6 heteroatoms. The Hall–Kier alpha value is -0.590. The summed E-state index contributed by atoms with van der Waals surface area (Å²) in [5.41, 5.74) is 0. The second-order valence-electron chi connectivity index (χ2n) is 3.81. The van der Waals surface area contributed by atoms with Crippen molar-refractivity contribution in [1.82, 2.24) is 20.1 Å². The molecular weight excluding hydrogens is 212 g/mol. The molecule has 0 saturated heterocycles. The minimum Gasteiger partial charge on any atom is -0.391 e. The van der Waals surface area contributed by atoms with Crippen molar-refractivity contribution in [3.05, 3.63) is 6.33 Å². The van der Waals surface area contributed by atoms with Gasteiger partial charge in [0, 0.05) is 25.4 Å². The predicted molar refractivity (Wildman–Crippen MR) is 58.8 cm³/mol. The molecule has 1 aliphatic carbocycles. The number of nitrogens with zero attached hydrogens (tertiary/aromatic N) is 3. The molecule has 1 atom stereocenters. The highest BCUT2D eigenvalue weighted by atomic mass is 32.2. The summed E-state index contributed by atoms with van der Waals surface area (Å²) in [6.07, 6.45) is 3.72. The van der Waals surface area contributed by atoms with Crippen LogP contribution in [-0.2, 0) is 7.05 Å². The molecule has 1 aromatic rings. The lowest BCUT2D eigenvalue weighted by atomic mass is 10.4. The van der Waals surface area contributed by atoms with Gasteiger partial charge in [0.15, 0.2) is 5.16 Å². The first kappa shape index (κ1) is 10.9. The van der Waals surface area contributed by atoms with Gasteiger partial charge >= 0.3 is 0 Å². The van der Waals surface area contributed by atoms with Crippen LogP contribution in [0.2, 0.25) is 0 Å². The summed E-state index contributed by atoms with van der Waals surface area (Å²) in [6.45, 7) is 0.676. The van der Waals surface area contributed by atoms with E-state index in [1.807, 2.05) is 7.05 Å². The lowest BCUT2D eigenvalue weighted by Gasteiger charge is -2.10. The standard InChI is InChI=1S/C9H16N4OS/c1-13-9(11-6-12-13)15-5-8(14)4-10-7-2-3-7/h6-8,10,14H,2-5H2,1H3. The van der Waals surface area contributed by atoms with Crippen molar-refractivity contribution < 1.29 is 5.11 Å². The van der Waals surface area contributed by atoms with Gasteiger partial charge in [0.2, 0.25) is 0 Å². The van der Waals surface area contributed by atoms with Crippen molar-refractivity contribution in [3.63, 3.8) is 0 Å². The van der Waals surface area contributed by atoms with Crippen molar-refractivity contribution in [2.45, 2.75) is 30.1 Å². The highest BCUT2D eigenvalue weighted by Gasteiger charge is 2.21. The third-order valence-electron chi connectivity index (χ3n) is 2.29. The Bertz CT molecular complexity index is 313. The summed E-state index contributed by atoms with van der Waals surface area (Å²) < 4.78 is 1.71. The van der Waals surface area contributed by atoms with E-state index in [-0.39, 0.29) is 6.10 Å². The average Bonchev–Trinajstić information content (AvgIpc) is 2.96. The molecule has 2 N–H and O–H groups in total. The van der Waals surface area contributed by atoms with Crippen molar-refractivity contribution in [2.24, 2.45) is 7.05 Å². The number of hydrogen-bond acceptors (Lipinski definition) is 5. The molecule has 0 spiro atoms. The van der Waals surface area contributed by atoms with Crippen LogP contribution in [0.15, 0.2) is 11.5 Å². The number of rotatable bonds is 6. The molecule has 84 valence electrons. The van der Waals surface area contributed by atoms with Gasteiger partial charge in [0.05, 0.1) is 6.10 Å². The van der Waals surface area contributed by atoms with Gasteiger partial charge in [-0.1, -0.05) is 11.8 Å². The monoisotopic (exact) mass is 228 g/mol. The number of aliphatic hydroxyl groups is 1. The van der Waals surface area contributed by atoms with Crippen LogP contribution in [0.4, 0.5) is 0 Å². The highest BCUT2D eigenvalue weighted by molar-refractivity contribution is 7.99. The Morgan fingerprint density at radius 1 is 1.73 bits per heavy atom. The highest BCUT2D eigenvalue weighted by Crippen LogP contribution is 2.19. The molecule has 0 aliphatic heterocycles. The van der Waals surface area contributed by atoms with Crippen LogP contribution in [0.5, 0.6) is 0 Å². The zero-order valence-electron chi connectivity index (χ0n) is 8.76. The average molecular weight is 228 g/mol. The van der Waals surface area contributed by atoms with E-state index in [0.29, 0.717) is 18.3 Å². The lowest BCUT2D eigenvalue weighted by molar-refractivity contribution is 0.195. The maximum absolute atomic E-state index is 9.67. The van der Waals surface area contributed by atoms with E-state index in [2.05, 4.69) is 15.4 Å². The lowest BCUT2D eigenvalue weighted by Crippen LogP contribution is -2.30. The van der Waals surface area contributed by atoms with E-state index in [0.717, 1.165) is 5.16 Å². The molecule has 1 aliphatic rings. The smallest absolute Gasteiger partial charge is 0.185 e. The Labute approximate surface area is 93.3 Å². The molecule has 1 fully saturated rings. The predicted octanol–water partition coefficient (Wildman–Crippen LogP) is 0.0201. The number of hydrogen-bond donors (Lipinski definition) is 2. The number of aryl methyl sites for hydroxylation is 1. The Morgan fingerprint density at radius 3 is 3.13 bits per heavy atom. The maximum Gasteiger partial charge on any atom is 0.185 e. The summed E-state index contributed by atoms with van der Waals surface area (Å²) in [5, 5.41) is 17.8. The molecule has 15 heavy (non-hydrogen) atoms. The maximum atomic E-state index is 9.67. The van der Waals surface area contributed by atoms with Gasteiger partial charge in [0.25, 0.3) is 0 Å². The van der Waals surface area contributed by atoms with Crippen LogP contribution in [0, 0.1) is 0 Å². The summed E-state index contributed by atoms with van der Waals surface area (Å²) in [7, 11) is 1.85. The third-order valence-corrected chi connectivity index (χ3v) is 3.47. The summed E-state index contributed by atoms with van der Waals surface area (Å²) in [6, 6.07) is 0.652. The molecule has 0 aromatic carbocycles. The van der Waals surface area contributed by atoms with Crippen LogP contribution in [0.25, 0.3) is 0 Å². The summed E-state index contributed by atoms with van der Waals surface area (Å²) in [5.74, 6) is 0.659. The molecule has 1 aromatic heterocycles. The molecule has 5 nitrogen and oxygen atoms in total. The van der Waals surface area contributed by atoms with Gasteiger partial charge in [-0.25, -0.2) is 9.67 Å². The number of aliphatic hydroxyl groups excluding tert-OH is 1. The van der Waals surface area contributed by atoms with Crippen LogP contribution >= 0.6 is 11.8 Å². The number of nitrogens with one attached hydrogen (secondary N) is 1. The van der Waals surface area contributed by atoms with E-state index in [9.17, 15) is 5.11 Å². The van der Waals surface area contributed by atoms with E-state index in [4.69, 9.17) is 0 Å². The van der Waals surface area contributed by atoms with Crippen molar-refractivity contribution >= 4 is 11.8 Å². The Morgan fingerprint density at radius 2 is 2.53 bits per heavy atom. The zero-order chi connectivity index (χ0) is 10.7. The van der Waals surface area contributed by atoms with E-state index < -0.39 is 0 Å². The molecule has 0 amide bonds. The minimum absolute atomic E-state index is 0.313. The first-order chi connectivity index (χ1) is 7.25. The van der Waals surface area contributed by atoms with Crippen LogP contribution < -0.4 is 5.32 Å². The van der Waals surface area contributed by atoms with Gasteiger partial charge in [-0.15, -0.1) is 0 Å².